The van der Waals surface area contributed by atoms with Crippen LogP contribution in [0.5, 0.6) is 0 Å². The van der Waals surface area contributed by atoms with Crippen LogP contribution in [0.2, 0.25) is 0 Å². The molecule has 154 valence electrons. The molecular weight excluding hydrogens is 362 g/mol. The van der Waals surface area contributed by atoms with Crippen LogP contribution in [0.25, 0.3) is 0 Å². The van der Waals surface area contributed by atoms with Crippen molar-refractivity contribution in [3.63, 3.8) is 0 Å². The van der Waals surface area contributed by atoms with E-state index in [1.807, 2.05) is 47.2 Å². The lowest BCUT2D eigenvalue weighted by Gasteiger charge is -2.42. The van der Waals surface area contributed by atoms with Gasteiger partial charge >= 0.3 is 0 Å². The first-order valence-corrected chi connectivity index (χ1v) is 10.5. The third kappa shape index (κ3) is 5.22. The predicted octanol–water partition coefficient (Wildman–Crippen LogP) is 3.72. The van der Waals surface area contributed by atoms with Gasteiger partial charge in [0.15, 0.2) is 0 Å². The minimum absolute atomic E-state index is 0.107. The van der Waals surface area contributed by atoms with Crippen molar-refractivity contribution in [2.45, 2.75) is 39.2 Å². The van der Waals surface area contributed by atoms with Gasteiger partial charge in [-0.3, -0.25) is 14.6 Å². The maximum absolute atomic E-state index is 13.4. The molecule has 0 N–H and O–H groups in total. The van der Waals surface area contributed by atoms with Gasteiger partial charge in [-0.1, -0.05) is 50.2 Å². The van der Waals surface area contributed by atoms with Crippen molar-refractivity contribution in [2.24, 2.45) is 11.8 Å². The highest BCUT2D eigenvalue weighted by atomic mass is 16.2. The number of piperidine rings is 1. The van der Waals surface area contributed by atoms with Gasteiger partial charge in [0.2, 0.25) is 11.8 Å². The average Bonchev–Trinajstić information content (AvgIpc) is 2.74. The van der Waals surface area contributed by atoms with Gasteiger partial charge in [0, 0.05) is 39.0 Å². The Morgan fingerprint density at radius 3 is 2.62 bits per heavy atom. The summed E-state index contributed by atoms with van der Waals surface area (Å²) in [5, 5.41) is 0. The van der Waals surface area contributed by atoms with E-state index < -0.39 is 0 Å². The molecule has 2 amide bonds. The number of nitrogens with zero attached hydrogens (tertiary/aromatic N) is 3. The molecule has 2 atom stereocenters. The second-order valence-electron chi connectivity index (χ2n) is 8.31. The van der Waals surface area contributed by atoms with Crippen LogP contribution >= 0.6 is 0 Å². The molecule has 29 heavy (non-hydrogen) atoms. The van der Waals surface area contributed by atoms with Crippen LogP contribution < -0.4 is 0 Å². The molecule has 0 radical (unpaired) electrons. The first kappa shape index (κ1) is 21.0. The Kier molecular flexibility index (Phi) is 7.02. The number of aromatic nitrogens is 1. The molecule has 0 aliphatic carbocycles. The van der Waals surface area contributed by atoms with Crippen LogP contribution in [0.4, 0.5) is 0 Å². The highest BCUT2D eigenvalue weighted by Crippen LogP contribution is 2.38. The van der Waals surface area contributed by atoms with Gasteiger partial charge in [0.25, 0.3) is 0 Å². The first-order chi connectivity index (χ1) is 14.0. The standard InChI is InChI=1S/C24H31N3O2/c1-18(2)17-27-22(28)12-11-21(23(27)20-10-7-14-25-16-20)24(29)26(3)15-13-19-8-5-4-6-9-19/h4-10,14,16,18,21,23H,11-13,15,17H2,1-3H3/t21-,23+/m1/s1. The minimum atomic E-state index is -0.251. The van der Waals surface area contributed by atoms with E-state index in [0.29, 0.717) is 31.8 Å². The highest BCUT2D eigenvalue weighted by molar-refractivity contribution is 5.85. The predicted molar refractivity (Wildman–Crippen MR) is 114 cm³/mol. The summed E-state index contributed by atoms with van der Waals surface area (Å²) in [6.07, 6.45) is 5.35. The molecule has 1 aromatic heterocycles. The number of carbonyl (C=O) groups is 2. The number of rotatable bonds is 7. The normalized spacial score (nSPS) is 19.4. The van der Waals surface area contributed by atoms with Gasteiger partial charge in [-0.15, -0.1) is 0 Å². The Morgan fingerprint density at radius 2 is 1.97 bits per heavy atom. The average molecular weight is 394 g/mol. The number of benzene rings is 1. The molecule has 0 unspecified atom stereocenters. The third-order valence-corrected chi connectivity index (χ3v) is 5.57. The quantitative estimate of drug-likeness (QED) is 0.720. The van der Waals surface area contributed by atoms with E-state index in [1.54, 1.807) is 12.4 Å². The van der Waals surface area contributed by atoms with E-state index in [4.69, 9.17) is 0 Å². The fourth-order valence-electron chi connectivity index (χ4n) is 4.12. The van der Waals surface area contributed by atoms with E-state index >= 15 is 0 Å². The Balaban J connectivity index is 1.80. The maximum atomic E-state index is 13.4. The molecule has 1 aliphatic heterocycles. The molecule has 0 spiro atoms. The number of carbonyl (C=O) groups excluding carboxylic acids is 2. The fourth-order valence-corrected chi connectivity index (χ4v) is 4.12. The van der Waals surface area contributed by atoms with Crippen LogP contribution in [0.3, 0.4) is 0 Å². The largest absolute Gasteiger partial charge is 0.345 e. The summed E-state index contributed by atoms with van der Waals surface area (Å²) in [4.78, 5) is 34.1. The summed E-state index contributed by atoms with van der Waals surface area (Å²) >= 11 is 0. The van der Waals surface area contributed by atoms with Crippen LogP contribution in [-0.4, -0.2) is 46.7 Å². The zero-order valence-electron chi connectivity index (χ0n) is 17.6. The minimum Gasteiger partial charge on any atom is -0.345 e. The number of likely N-dealkylation sites (tertiary alicyclic amines) is 1. The van der Waals surface area contributed by atoms with Crippen LogP contribution in [0, 0.1) is 11.8 Å². The molecule has 2 aromatic rings. The number of amides is 2. The smallest absolute Gasteiger partial charge is 0.227 e. The first-order valence-electron chi connectivity index (χ1n) is 10.5. The van der Waals surface area contributed by atoms with Crippen LogP contribution in [-0.2, 0) is 16.0 Å². The van der Waals surface area contributed by atoms with Crippen molar-refractivity contribution in [2.75, 3.05) is 20.1 Å². The van der Waals surface area contributed by atoms with Crippen LogP contribution in [0.15, 0.2) is 54.9 Å². The third-order valence-electron chi connectivity index (χ3n) is 5.57. The second-order valence-corrected chi connectivity index (χ2v) is 8.31. The Labute approximate surface area is 173 Å². The number of hydrogen-bond donors (Lipinski definition) is 0. The summed E-state index contributed by atoms with van der Waals surface area (Å²) in [5.41, 5.74) is 2.16. The summed E-state index contributed by atoms with van der Waals surface area (Å²) in [6.45, 7) is 5.52. The van der Waals surface area contributed by atoms with E-state index in [2.05, 4.69) is 31.0 Å². The zero-order valence-corrected chi connectivity index (χ0v) is 17.6. The van der Waals surface area contributed by atoms with Gasteiger partial charge < -0.3 is 9.80 Å². The van der Waals surface area contributed by atoms with Gasteiger partial charge in [-0.25, -0.2) is 0 Å². The molecule has 5 heteroatoms. The molecule has 0 saturated carbocycles. The van der Waals surface area contributed by atoms with Gasteiger partial charge in [-0.2, -0.15) is 0 Å². The summed E-state index contributed by atoms with van der Waals surface area (Å²) in [6, 6.07) is 13.8. The molecular formula is C24H31N3O2. The Hall–Kier alpha value is -2.69. The molecule has 3 rings (SSSR count). The molecule has 1 aromatic carbocycles. The van der Waals surface area contributed by atoms with Crippen molar-refractivity contribution in [1.29, 1.82) is 0 Å². The fraction of sp³-hybridized carbons (Fsp3) is 0.458. The van der Waals surface area contributed by atoms with Crippen molar-refractivity contribution in [1.82, 2.24) is 14.8 Å². The summed E-state index contributed by atoms with van der Waals surface area (Å²) < 4.78 is 0. The monoisotopic (exact) mass is 393 g/mol. The molecule has 1 aliphatic rings. The number of likely N-dealkylation sites (N-methyl/N-ethyl adjacent to an activating group) is 1. The Bertz CT molecular complexity index is 807. The van der Waals surface area contributed by atoms with Crippen molar-refractivity contribution in [3.05, 3.63) is 66.0 Å². The van der Waals surface area contributed by atoms with Crippen molar-refractivity contribution >= 4 is 11.8 Å². The van der Waals surface area contributed by atoms with Crippen molar-refractivity contribution in [3.8, 4) is 0 Å². The molecule has 1 saturated heterocycles. The second kappa shape index (κ2) is 9.68. The lowest BCUT2D eigenvalue weighted by atomic mass is 9.83. The zero-order chi connectivity index (χ0) is 20.8. The van der Waals surface area contributed by atoms with Gasteiger partial charge in [0.1, 0.15) is 0 Å². The maximum Gasteiger partial charge on any atom is 0.227 e. The lowest BCUT2D eigenvalue weighted by molar-refractivity contribution is -0.148. The lowest BCUT2D eigenvalue weighted by Crippen LogP contribution is -2.49. The van der Waals surface area contributed by atoms with E-state index in [-0.39, 0.29) is 23.8 Å². The summed E-state index contributed by atoms with van der Waals surface area (Å²) in [7, 11) is 1.87. The van der Waals surface area contributed by atoms with E-state index in [9.17, 15) is 9.59 Å². The molecule has 2 heterocycles. The van der Waals surface area contributed by atoms with Crippen molar-refractivity contribution < 1.29 is 9.59 Å². The molecule has 1 fully saturated rings. The number of hydrogen-bond acceptors (Lipinski definition) is 3. The molecule has 0 bridgehead atoms. The highest BCUT2D eigenvalue weighted by Gasteiger charge is 2.41. The van der Waals surface area contributed by atoms with E-state index in [1.165, 1.54) is 5.56 Å². The SMILES string of the molecule is CC(C)CN1C(=O)CC[C@@H](C(=O)N(C)CCc2ccccc2)[C@@H]1c1cccnc1. The van der Waals surface area contributed by atoms with Gasteiger partial charge in [-0.05, 0) is 36.0 Å². The number of pyridine rings is 1. The topological polar surface area (TPSA) is 53.5 Å². The summed E-state index contributed by atoms with van der Waals surface area (Å²) in [5.74, 6) is 0.332. The van der Waals surface area contributed by atoms with E-state index in [0.717, 1.165) is 12.0 Å². The Morgan fingerprint density at radius 1 is 1.21 bits per heavy atom. The molecule has 5 nitrogen and oxygen atoms in total. The van der Waals surface area contributed by atoms with Crippen LogP contribution in [0.1, 0.15) is 43.9 Å². The van der Waals surface area contributed by atoms with Gasteiger partial charge in [0.05, 0.1) is 12.0 Å².